The third kappa shape index (κ3) is 1.82. The van der Waals surface area contributed by atoms with Crippen LogP contribution in [0, 0.1) is 24.7 Å². The Morgan fingerprint density at radius 2 is 2.10 bits per heavy atom. The van der Waals surface area contributed by atoms with E-state index in [4.69, 9.17) is 15.6 Å². The van der Waals surface area contributed by atoms with Gasteiger partial charge in [-0.1, -0.05) is 0 Å². The lowest BCUT2D eigenvalue weighted by molar-refractivity contribution is 0.559. The number of imidazole rings is 1. The number of pyridine rings is 2. The van der Waals surface area contributed by atoms with Gasteiger partial charge >= 0.3 is 0 Å². The number of nitrogens with zero attached hydrogens (tertiary/aromatic N) is 3. The zero-order valence-corrected chi connectivity index (χ0v) is 11.1. The van der Waals surface area contributed by atoms with Crippen LogP contribution in [0.4, 0.5) is 0 Å². The van der Waals surface area contributed by atoms with Crippen LogP contribution in [0.1, 0.15) is 17.0 Å². The Bertz CT molecular complexity index is 850. The second-order valence-corrected chi connectivity index (χ2v) is 4.57. The number of ether oxygens (including phenoxy) is 1. The maximum Gasteiger partial charge on any atom is 0.240 e. The Hall–Kier alpha value is -2.76. The van der Waals surface area contributed by atoms with Gasteiger partial charge in [-0.15, -0.1) is 0 Å². The van der Waals surface area contributed by atoms with Gasteiger partial charge in [0.25, 0.3) is 0 Å². The highest BCUT2D eigenvalue weighted by Gasteiger charge is 2.11. The molecule has 0 atom stereocenters. The van der Waals surface area contributed by atoms with Crippen LogP contribution >= 0.6 is 0 Å². The van der Waals surface area contributed by atoms with Crippen molar-refractivity contribution in [1.82, 2.24) is 14.4 Å². The summed E-state index contributed by atoms with van der Waals surface area (Å²) in [7, 11) is 0. The Kier molecular flexibility index (Phi) is 2.71. The molecule has 0 unspecified atom stereocenters. The van der Waals surface area contributed by atoms with Crippen LogP contribution in [0.25, 0.3) is 16.7 Å². The van der Waals surface area contributed by atoms with Crippen molar-refractivity contribution in [3.63, 3.8) is 0 Å². The maximum absolute atomic E-state index is 7.68. The van der Waals surface area contributed by atoms with Gasteiger partial charge in [-0.2, -0.15) is 0 Å². The van der Waals surface area contributed by atoms with Crippen LogP contribution in [0.5, 0.6) is 0 Å². The molecule has 0 aliphatic carbocycles. The first kappa shape index (κ1) is 12.3. The quantitative estimate of drug-likeness (QED) is 0.552. The number of hydrogen-bond donors (Lipinski definition) is 2. The van der Waals surface area contributed by atoms with Gasteiger partial charge in [-0.3, -0.25) is 15.2 Å². The molecule has 0 spiro atoms. The predicted octanol–water partition coefficient (Wildman–Crippen LogP) is 2.45. The van der Waals surface area contributed by atoms with Crippen LogP contribution in [0.3, 0.4) is 0 Å². The molecule has 6 heteroatoms. The number of fused-ring (bicyclic) bond motifs is 3. The molecule has 3 heterocycles. The summed E-state index contributed by atoms with van der Waals surface area (Å²) >= 11 is 0. The number of rotatable bonds is 2. The second-order valence-electron chi connectivity index (χ2n) is 4.57. The summed E-state index contributed by atoms with van der Waals surface area (Å²) in [6.45, 7) is 3.99. The van der Waals surface area contributed by atoms with Crippen molar-refractivity contribution in [2.75, 3.05) is 0 Å². The van der Waals surface area contributed by atoms with Gasteiger partial charge in [-0.05, 0) is 37.6 Å². The molecule has 0 amide bonds. The minimum absolute atomic E-state index is 0.152. The molecule has 3 aromatic heterocycles. The van der Waals surface area contributed by atoms with Gasteiger partial charge in [0.2, 0.25) is 5.90 Å². The fourth-order valence-corrected chi connectivity index (χ4v) is 2.28. The van der Waals surface area contributed by atoms with Crippen molar-refractivity contribution >= 4 is 29.0 Å². The summed E-state index contributed by atoms with van der Waals surface area (Å²) in [5, 5.41) is 15.6. The van der Waals surface area contributed by atoms with Gasteiger partial charge < -0.3 is 4.74 Å². The molecule has 3 rings (SSSR count). The highest BCUT2D eigenvalue weighted by atomic mass is 16.5. The third-order valence-electron chi connectivity index (χ3n) is 3.14. The van der Waals surface area contributed by atoms with E-state index in [2.05, 4.69) is 9.97 Å². The molecule has 2 N–H and O–H groups in total. The lowest BCUT2D eigenvalue weighted by atomic mass is 10.1. The van der Waals surface area contributed by atoms with E-state index >= 15 is 0 Å². The Labute approximate surface area is 115 Å². The lowest BCUT2D eigenvalue weighted by Crippen LogP contribution is -2.03. The van der Waals surface area contributed by atoms with Crippen molar-refractivity contribution in [2.45, 2.75) is 13.8 Å². The zero-order chi connectivity index (χ0) is 14.3. The number of hydrogen-bond acceptors (Lipinski definition) is 5. The summed E-state index contributed by atoms with van der Waals surface area (Å²) in [6, 6.07) is 5.89. The predicted molar refractivity (Wildman–Crippen MR) is 76.7 cm³/mol. The van der Waals surface area contributed by atoms with Crippen LogP contribution < -0.4 is 0 Å². The third-order valence-corrected chi connectivity index (χ3v) is 3.14. The van der Waals surface area contributed by atoms with Crippen molar-refractivity contribution in [3.8, 4) is 0 Å². The topological polar surface area (TPSA) is 87.1 Å². The minimum atomic E-state index is -0.152. The molecule has 100 valence electrons. The molecule has 0 fully saturated rings. The molecule has 3 aromatic rings. The number of nitrogens with one attached hydrogen (secondary N) is 2. The largest absolute Gasteiger partial charge is 0.426 e. The van der Waals surface area contributed by atoms with Crippen molar-refractivity contribution in [3.05, 3.63) is 41.3 Å². The van der Waals surface area contributed by atoms with E-state index in [9.17, 15) is 0 Å². The summed E-state index contributed by atoms with van der Waals surface area (Å²) < 4.78 is 6.59. The standard InChI is InChI=1S/C14H13N5O/c1-8-5-9(2)17-14-10(8)3-4-12-18-11(6-19(12)14)13(16)20-7-15/h3-7,15-16H,1-2H3. The van der Waals surface area contributed by atoms with Gasteiger partial charge in [-0.25, -0.2) is 9.97 Å². The van der Waals surface area contributed by atoms with Gasteiger partial charge in [0.1, 0.15) is 17.0 Å². The van der Waals surface area contributed by atoms with Gasteiger partial charge in [0.05, 0.1) is 0 Å². The monoisotopic (exact) mass is 267 g/mol. The van der Waals surface area contributed by atoms with Gasteiger partial charge in [0.15, 0.2) is 6.40 Å². The first-order chi connectivity index (χ1) is 9.60. The molecule has 0 aliphatic heterocycles. The van der Waals surface area contributed by atoms with E-state index in [0.717, 1.165) is 28.7 Å². The summed E-state index contributed by atoms with van der Waals surface area (Å²) in [5.74, 6) is -0.152. The highest BCUT2D eigenvalue weighted by molar-refractivity contribution is 5.94. The van der Waals surface area contributed by atoms with E-state index in [1.165, 1.54) is 0 Å². The molecule has 0 aliphatic rings. The Morgan fingerprint density at radius 1 is 1.30 bits per heavy atom. The van der Waals surface area contributed by atoms with E-state index in [1.807, 2.05) is 36.4 Å². The zero-order valence-electron chi connectivity index (χ0n) is 11.1. The maximum atomic E-state index is 7.68. The second kappa shape index (κ2) is 4.41. The molecule has 0 saturated carbocycles. The summed E-state index contributed by atoms with van der Waals surface area (Å²) in [5.41, 5.74) is 3.96. The van der Waals surface area contributed by atoms with Crippen LogP contribution in [-0.4, -0.2) is 26.7 Å². The average Bonchev–Trinajstić information content (AvgIpc) is 2.83. The normalized spacial score (nSPS) is 10.9. The molecular formula is C14H13N5O. The van der Waals surface area contributed by atoms with Crippen LogP contribution in [0.15, 0.2) is 24.4 Å². The fourth-order valence-electron chi connectivity index (χ4n) is 2.28. The van der Waals surface area contributed by atoms with E-state index in [0.29, 0.717) is 11.3 Å². The Balaban J connectivity index is 2.31. The molecule has 0 saturated heterocycles. The molecule has 0 radical (unpaired) electrons. The molecule has 6 nitrogen and oxygen atoms in total. The van der Waals surface area contributed by atoms with Crippen LogP contribution in [0.2, 0.25) is 0 Å². The Morgan fingerprint density at radius 3 is 2.85 bits per heavy atom. The lowest BCUT2D eigenvalue weighted by Gasteiger charge is -2.05. The molecular weight excluding hydrogens is 254 g/mol. The van der Waals surface area contributed by atoms with Crippen LogP contribution in [-0.2, 0) is 4.74 Å². The smallest absolute Gasteiger partial charge is 0.240 e. The number of aryl methyl sites for hydroxylation is 2. The minimum Gasteiger partial charge on any atom is -0.426 e. The first-order valence-electron chi connectivity index (χ1n) is 6.11. The molecule has 0 aromatic carbocycles. The van der Waals surface area contributed by atoms with Crippen molar-refractivity contribution < 1.29 is 4.74 Å². The van der Waals surface area contributed by atoms with Crippen molar-refractivity contribution in [2.24, 2.45) is 0 Å². The SMILES string of the molecule is Cc1cc(C)c2ccc3nc(C(=N)OC=N)cn3c2n1. The van der Waals surface area contributed by atoms with E-state index < -0.39 is 0 Å². The van der Waals surface area contributed by atoms with E-state index in [-0.39, 0.29) is 5.90 Å². The number of aromatic nitrogens is 3. The summed E-state index contributed by atoms with van der Waals surface area (Å²) in [4.78, 5) is 8.86. The molecule has 20 heavy (non-hydrogen) atoms. The average molecular weight is 267 g/mol. The van der Waals surface area contributed by atoms with E-state index in [1.54, 1.807) is 6.20 Å². The molecule has 0 bridgehead atoms. The van der Waals surface area contributed by atoms with Gasteiger partial charge in [0, 0.05) is 17.3 Å². The fraction of sp³-hybridized carbons (Fsp3) is 0.143. The first-order valence-corrected chi connectivity index (χ1v) is 6.11. The highest BCUT2D eigenvalue weighted by Crippen LogP contribution is 2.20. The summed E-state index contributed by atoms with van der Waals surface area (Å²) in [6.07, 6.45) is 2.42. The van der Waals surface area contributed by atoms with Crippen molar-refractivity contribution in [1.29, 1.82) is 10.8 Å².